The van der Waals surface area contributed by atoms with Gasteiger partial charge in [0.05, 0.1) is 20.8 Å². The van der Waals surface area contributed by atoms with Crippen molar-refractivity contribution in [1.82, 2.24) is 9.78 Å². The van der Waals surface area contributed by atoms with Gasteiger partial charge in [0.2, 0.25) is 0 Å². The smallest absolute Gasteiger partial charge is 0.146 e. The molecule has 2 aromatic rings. The van der Waals surface area contributed by atoms with Crippen LogP contribution in [0.4, 0.5) is 5.82 Å². The molecule has 6 heteroatoms. The van der Waals surface area contributed by atoms with Crippen LogP contribution in [-0.2, 0) is 0 Å². The molecule has 0 aliphatic rings. The highest BCUT2D eigenvalue weighted by molar-refractivity contribution is 6.43. The maximum Gasteiger partial charge on any atom is 0.146 e. The van der Waals surface area contributed by atoms with Crippen LogP contribution in [0.25, 0.3) is 5.69 Å². The largest absolute Gasteiger partial charge is 0.382 e. The number of nitrogens with two attached hydrogens (primary N) is 1. The molecule has 1 aromatic carbocycles. The van der Waals surface area contributed by atoms with E-state index >= 15 is 0 Å². The Morgan fingerprint density at radius 1 is 1.06 bits per heavy atom. The molecule has 1 aromatic heterocycles. The molecular weight excluding hydrogens is 268 g/mol. The molecule has 0 aliphatic heterocycles. The van der Waals surface area contributed by atoms with Gasteiger partial charge in [0.25, 0.3) is 0 Å². The van der Waals surface area contributed by atoms with E-state index in [9.17, 15) is 0 Å². The van der Waals surface area contributed by atoms with E-state index in [0.717, 1.165) is 5.69 Å². The number of aromatic nitrogens is 2. The fourth-order valence-corrected chi connectivity index (χ4v) is 2.04. The summed E-state index contributed by atoms with van der Waals surface area (Å²) in [5.41, 5.74) is 7.13. The van der Waals surface area contributed by atoms with Crippen LogP contribution in [0, 0.1) is 6.92 Å². The molecule has 16 heavy (non-hydrogen) atoms. The van der Waals surface area contributed by atoms with Crippen LogP contribution in [-0.4, -0.2) is 9.78 Å². The Bertz CT molecular complexity index is 548. The molecule has 0 atom stereocenters. The average molecular weight is 277 g/mol. The molecule has 84 valence electrons. The minimum Gasteiger partial charge on any atom is -0.382 e. The van der Waals surface area contributed by atoms with Crippen LogP contribution in [0.1, 0.15) is 5.69 Å². The maximum atomic E-state index is 6.07. The standard InChI is InChI=1S/C10H8Cl3N3/c1-5-2-10(14)15-16(5)9-4-7(12)6(11)3-8(9)13/h2-4H,1H3,(H2,14,15). The van der Waals surface area contributed by atoms with Gasteiger partial charge in [-0.1, -0.05) is 34.8 Å². The lowest BCUT2D eigenvalue weighted by Gasteiger charge is -2.08. The van der Waals surface area contributed by atoms with Crippen LogP contribution < -0.4 is 5.73 Å². The molecule has 0 unspecified atom stereocenters. The summed E-state index contributed by atoms with van der Waals surface area (Å²) in [7, 11) is 0. The number of halogens is 3. The third kappa shape index (κ3) is 1.98. The number of hydrogen-bond donors (Lipinski definition) is 1. The maximum absolute atomic E-state index is 6.07. The summed E-state index contributed by atoms with van der Waals surface area (Å²) in [5, 5.41) is 5.43. The molecule has 0 fully saturated rings. The highest BCUT2D eigenvalue weighted by atomic mass is 35.5. The van der Waals surface area contributed by atoms with Gasteiger partial charge in [-0.2, -0.15) is 5.10 Å². The van der Waals surface area contributed by atoms with E-state index in [1.807, 2.05) is 6.92 Å². The molecular formula is C10H8Cl3N3. The first-order valence-electron chi connectivity index (χ1n) is 4.46. The monoisotopic (exact) mass is 275 g/mol. The Hall–Kier alpha value is -0.900. The number of aryl methyl sites for hydroxylation is 1. The first-order valence-corrected chi connectivity index (χ1v) is 5.59. The number of benzene rings is 1. The zero-order valence-electron chi connectivity index (χ0n) is 8.34. The van der Waals surface area contributed by atoms with Crippen molar-refractivity contribution in [3.05, 3.63) is 39.0 Å². The molecule has 0 bridgehead atoms. The minimum atomic E-state index is 0.410. The van der Waals surface area contributed by atoms with Gasteiger partial charge in [0.1, 0.15) is 5.82 Å². The summed E-state index contributed by atoms with van der Waals surface area (Å²) in [6.45, 7) is 1.88. The molecule has 1 heterocycles. The summed E-state index contributed by atoms with van der Waals surface area (Å²) in [6, 6.07) is 4.99. The Kier molecular flexibility index (Phi) is 3.02. The van der Waals surface area contributed by atoms with Crippen molar-refractivity contribution in [2.24, 2.45) is 0 Å². The van der Waals surface area contributed by atoms with Gasteiger partial charge in [-0.05, 0) is 19.1 Å². The number of hydrogen-bond acceptors (Lipinski definition) is 2. The fourth-order valence-electron chi connectivity index (χ4n) is 1.42. The van der Waals surface area contributed by atoms with E-state index in [-0.39, 0.29) is 0 Å². The second kappa shape index (κ2) is 4.17. The lowest BCUT2D eigenvalue weighted by atomic mass is 10.3. The first kappa shape index (κ1) is 11.6. The SMILES string of the molecule is Cc1cc(N)nn1-c1cc(Cl)c(Cl)cc1Cl. The number of rotatable bonds is 1. The number of anilines is 1. The summed E-state index contributed by atoms with van der Waals surface area (Å²) < 4.78 is 1.62. The van der Waals surface area contributed by atoms with Crippen molar-refractivity contribution in [2.75, 3.05) is 5.73 Å². The molecule has 3 nitrogen and oxygen atoms in total. The Morgan fingerprint density at radius 2 is 1.69 bits per heavy atom. The minimum absolute atomic E-state index is 0.410. The quantitative estimate of drug-likeness (QED) is 0.807. The number of nitrogen functional groups attached to an aromatic ring is 1. The summed E-state index contributed by atoms with van der Waals surface area (Å²) in [6.07, 6.45) is 0. The second-order valence-corrected chi connectivity index (χ2v) is 4.56. The van der Waals surface area contributed by atoms with Crippen molar-refractivity contribution >= 4 is 40.6 Å². The normalized spacial score (nSPS) is 10.8. The Balaban J connectivity index is 2.64. The third-order valence-corrected chi connectivity index (χ3v) is 3.15. The summed E-state index contributed by atoms with van der Waals surface area (Å²) in [5.74, 6) is 0.430. The van der Waals surface area contributed by atoms with Crippen LogP contribution in [0.3, 0.4) is 0 Å². The van der Waals surface area contributed by atoms with Crippen molar-refractivity contribution in [2.45, 2.75) is 6.92 Å². The second-order valence-electron chi connectivity index (χ2n) is 3.34. The van der Waals surface area contributed by atoms with Gasteiger partial charge in [0.15, 0.2) is 0 Å². The fraction of sp³-hybridized carbons (Fsp3) is 0.100. The topological polar surface area (TPSA) is 43.8 Å². The molecule has 2 rings (SSSR count). The molecule has 0 spiro atoms. The van der Waals surface area contributed by atoms with Crippen molar-refractivity contribution in [3.63, 3.8) is 0 Å². The van der Waals surface area contributed by atoms with Gasteiger partial charge < -0.3 is 5.73 Å². The lowest BCUT2D eigenvalue weighted by molar-refractivity contribution is 0.852. The molecule has 2 N–H and O–H groups in total. The van der Waals surface area contributed by atoms with Crippen molar-refractivity contribution < 1.29 is 0 Å². The molecule has 0 radical (unpaired) electrons. The molecule has 0 saturated carbocycles. The van der Waals surface area contributed by atoms with Crippen molar-refractivity contribution in [1.29, 1.82) is 0 Å². The van der Waals surface area contributed by atoms with E-state index < -0.39 is 0 Å². The highest BCUT2D eigenvalue weighted by Crippen LogP contribution is 2.31. The zero-order chi connectivity index (χ0) is 11.9. The highest BCUT2D eigenvalue weighted by Gasteiger charge is 2.11. The average Bonchev–Trinajstić information content (AvgIpc) is 2.51. The molecule has 0 amide bonds. The van der Waals surface area contributed by atoms with Crippen LogP contribution in [0.5, 0.6) is 0 Å². The molecule has 0 aliphatic carbocycles. The lowest BCUT2D eigenvalue weighted by Crippen LogP contribution is -2.00. The van der Waals surface area contributed by atoms with E-state index in [1.54, 1.807) is 22.9 Å². The van der Waals surface area contributed by atoms with Crippen molar-refractivity contribution in [3.8, 4) is 5.69 Å². The van der Waals surface area contributed by atoms with Gasteiger partial charge >= 0.3 is 0 Å². The third-order valence-electron chi connectivity index (χ3n) is 2.12. The summed E-state index contributed by atoms with van der Waals surface area (Å²) >= 11 is 17.9. The molecule has 0 saturated heterocycles. The predicted octanol–water partition coefficient (Wildman–Crippen LogP) is 3.72. The van der Waals surface area contributed by atoms with Crippen LogP contribution in [0.2, 0.25) is 15.1 Å². The van der Waals surface area contributed by atoms with Gasteiger partial charge in [0, 0.05) is 11.8 Å². The Morgan fingerprint density at radius 3 is 2.25 bits per heavy atom. The zero-order valence-corrected chi connectivity index (χ0v) is 10.6. The van der Waals surface area contributed by atoms with Gasteiger partial charge in [-0.15, -0.1) is 0 Å². The van der Waals surface area contributed by atoms with Gasteiger partial charge in [-0.25, -0.2) is 4.68 Å². The van der Waals surface area contributed by atoms with E-state index in [2.05, 4.69) is 5.10 Å². The van der Waals surface area contributed by atoms with E-state index in [1.165, 1.54) is 0 Å². The van der Waals surface area contributed by atoms with Crippen LogP contribution >= 0.6 is 34.8 Å². The Labute approximate surface area is 108 Å². The first-order chi connectivity index (χ1) is 7.49. The van der Waals surface area contributed by atoms with E-state index in [0.29, 0.717) is 26.6 Å². The summed E-state index contributed by atoms with van der Waals surface area (Å²) in [4.78, 5) is 0. The van der Waals surface area contributed by atoms with E-state index in [4.69, 9.17) is 40.5 Å². The van der Waals surface area contributed by atoms with Crippen LogP contribution in [0.15, 0.2) is 18.2 Å². The van der Waals surface area contributed by atoms with Gasteiger partial charge in [-0.3, -0.25) is 0 Å². The predicted molar refractivity (Wildman–Crippen MR) is 67.7 cm³/mol. The number of nitrogens with zero attached hydrogens (tertiary/aromatic N) is 2.